The summed E-state index contributed by atoms with van der Waals surface area (Å²) in [7, 11) is 0. The normalized spacial score (nSPS) is 10.3. The molecule has 3 nitrogen and oxygen atoms in total. The maximum absolute atomic E-state index is 13.4. The molecule has 0 atom stereocenters. The van der Waals surface area contributed by atoms with E-state index in [4.69, 9.17) is 6.42 Å². The molecule has 21 heavy (non-hydrogen) atoms. The van der Waals surface area contributed by atoms with E-state index in [1.54, 1.807) is 24.3 Å². The van der Waals surface area contributed by atoms with Crippen LogP contribution in [-0.4, -0.2) is 9.97 Å². The molecule has 0 saturated heterocycles. The molecule has 0 saturated carbocycles. The summed E-state index contributed by atoms with van der Waals surface area (Å²) in [6.45, 7) is 0. The average Bonchev–Trinajstić information content (AvgIpc) is 2.49. The van der Waals surface area contributed by atoms with Crippen molar-refractivity contribution < 1.29 is 8.78 Å². The van der Waals surface area contributed by atoms with Crippen LogP contribution >= 0.6 is 0 Å². The van der Waals surface area contributed by atoms with Gasteiger partial charge in [-0.2, -0.15) is 0 Å². The van der Waals surface area contributed by atoms with E-state index in [1.807, 2.05) is 0 Å². The molecule has 3 aromatic rings. The molecule has 1 aromatic heterocycles. The van der Waals surface area contributed by atoms with E-state index in [0.717, 1.165) is 12.1 Å². The largest absolute Gasteiger partial charge is 0.340 e. The summed E-state index contributed by atoms with van der Waals surface area (Å²) in [5, 5.41) is 3.42. The summed E-state index contributed by atoms with van der Waals surface area (Å²) in [5.74, 6) is 1.02. The highest BCUT2D eigenvalue weighted by Crippen LogP contribution is 2.25. The lowest BCUT2D eigenvalue weighted by Gasteiger charge is -2.09. The molecule has 1 heterocycles. The number of aromatic nitrogens is 2. The van der Waals surface area contributed by atoms with Crippen LogP contribution in [0.3, 0.4) is 0 Å². The van der Waals surface area contributed by atoms with E-state index >= 15 is 0 Å². The van der Waals surface area contributed by atoms with Crippen LogP contribution in [-0.2, 0) is 0 Å². The smallest absolute Gasteiger partial charge is 0.161 e. The second kappa shape index (κ2) is 5.17. The highest BCUT2D eigenvalue weighted by Gasteiger charge is 2.09. The summed E-state index contributed by atoms with van der Waals surface area (Å²) < 4.78 is 26.6. The number of terminal acetylenes is 1. The van der Waals surface area contributed by atoms with Gasteiger partial charge in [-0.1, -0.05) is 12.0 Å². The summed E-state index contributed by atoms with van der Waals surface area (Å²) in [5.41, 5.74) is 1.73. The molecule has 2 aromatic carbocycles. The molecule has 0 unspecified atom stereocenters. The zero-order valence-corrected chi connectivity index (χ0v) is 10.8. The molecule has 0 bridgehead atoms. The Hall–Kier alpha value is -3.00. The average molecular weight is 281 g/mol. The standard InChI is InChI=1S/C16H9F2N3/c1-2-10-4-3-5-11(6-10)21-16-12-7-13(17)14(18)8-15(12)19-9-20-16/h1,3-9H,(H,19,20,21). The predicted molar refractivity (Wildman–Crippen MR) is 77.1 cm³/mol. The van der Waals surface area contributed by atoms with Crippen molar-refractivity contribution >= 4 is 22.4 Å². The zero-order chi connectivity index (χ0) is 14.8. The Morgan fingerprint density at radius 1 is 1.05 bits per heavy atom. The molecular formula is C16H9F2N3. The maximum atomic E-state index is 13.4. The van der Waals surface area contributed by atoms with Crippen LogP contribution < -0.4 is 5.32 Å². The fourth-order valence-electron chi connectivity index (χ4n) is 1.97. The van der Waals surface area contributed by atoms with Gasteiger partial charge in [-0.05, 0) is 24.3 Å². The Balaban J connectivity index is 2.08. The molecule has 0 radical (unpaired) electrons. The van der Waals surface area contributed by atoms with Crippen molar-refractivity contribution in [2.24, 2.45) is 0 Å². The fraction of sp³-hybridized carbons (Fsp3) is 0. The quantitative estimate of drug-likeness (QED) is 0.729. The van der Waals surface area contributed by atoms with Gasteiger partial charge >= 0.3 is 0 Å². The number of halogens is 2. The van der Waals surface area contributed by atoms with Crippen molar-refractivity contribution in [2.45, 2.75) is 0 Å². The first-order valence-electron chi connectivity index (χ1n) is 6.11. The Labute approximate surface area is 119 Å². The van der Waals surface area contributed by atoms with Crippen molar-refractivity contribution in [2.75, 3.05) is 5.32 Å². The first kappa shape index (κ1) is 13.0. The van der Waals surface area contributed by atoms with E-state index in [9.17, 15) is 8.78 Å². The van der Waals surface area contributed by atoms with Gasteiger partial charge in [-0.3, -0.25) is 0 Å². The van der Waals surface area contributed by atoms with Gasteiger partial charge in [0, 0.05) is 22.7 Å². The molecule has 102 valence electrons. The summed E-state index contributed by atoms with van der Waals surface area (Å²) in [4.78, 5) is 7.99. The minimum absolute atomic E-state index is 0.319. The molecule has 0 aliphatic heterocycles. The van der Waals surface area contributed by atoms with Crippen LogP contribution in [0.4, 0.5) is 20.3 Å². The van der Waals surface area contributed by atoms with E-state index in [1.165, 1.54) is 6.33 Å². The number of rotatable bonds is 2. The molecular weight excluding hydrogens is 272 g/mol. The highest BCUT2D eigenvalue weighted by molar-refractivity contribution is 5.90. The molecule has 1 N–H and O–H groups in total. The molecule has 0 fully saturated rings. The molecule has 3 rings (SSSR count). The topological polar surface area (TPSA) is 37.8 Å². The van der Waals surface area contributed by atoms with E-state index in [0.29, 0.717) is 28.0 Å². The van der Waals surface area contributed by atoms with Crippen LogP contribution in [0, 0.1) is 24.0 Å². The van der Waals surface area contributed by atoms with Gasteiger partial charge in [0.05, 0.1) is 5.52 Å². The van der Waals surface area contributed by atoms with Gasteiger partial charge in [0.15, 0.2) is 11.6 Å². The lowest BCUT2D eigenvalue weighted by molar-refractivity contribution is 0.510. The Morgan fingerprint density at radius 2 is 1.86 bits per heavy atom. The third-order valence-corrected chi connectivity index (χ3v) is 2.97. The lowest BCUT2D eigenvalue weighted by Crippen LogP contribution is -1.97. The lowest BCUT2D eigenvalue weighted by atomic mass is 10.2. The monoisotopic (exact) mass is 281 g/mol. The molecule has 0 amide bonds. The minimum Gasteiger partial charge on any atom is -0.340 e. The number of benzene rings is 2. The second-order valence-electron chi connectivity index (χ2n) is 4.36. The number of hydrogen-bond donors (Lipinski definition) is 1. The van der Waals surface area contributed by atoms with Crippen molar-refractivity contribution in [1.82, 2.24) is 9.97 Å². The molecule has 5 heteroatoms. The Morgan fingerprint density at radius 3 is 2.67 bits per heavy atom. The summed E-state index contributed by atoms with van der Waals surface area (Å²) >= 11 is 0. The van der Waals surface area contributed by atoms with Crippen LogP contribution in [0.1, 0.15) is 5.56 Å². The first-order valence-corrected chi connectivity index (χ1v) is 6.11. The fourth-order valence-corrected chi connectivity index (χ4v) is 1.97. The van der Waals surface area contributed by atoms with Gasteiger partial charge < -0.3 is 5.32 Å². The van der Waals surface area contributed by atoms with Gasteiger partial charge in [-0.15, -0.1) is 6.42 Å². The van der Waals surface area contributed by atoms with E-state index < -0.39 is 11.6 Å². The molecule has 0 spiro atoms. The van der Waals surface area contributed by atoms with E-state index in [2.05, 4.69) is 21.2 Å². The third-order valence-electron chi connectivity index (χ3n) is 2.97. The molecule has 0 aliphatic rings. The number of nitrogens with one attached hydrogen (secondary N) is 1. The zero-order valence-electron chi connectivity index (χ0n) is 10.8. The van der Waals surface area contributed by atoms with E-state index in [-0.39, 0.29) is 0 Å². The van der Waals surface area contributed by atoms with Gasteiger partial charge in [0.25, 0.3) is 0 Å². The first-order chi connectivity index (χ1) is 10.2. The highest BCUT2D eigenvalue weighted by atomic mass is 19.2. The maximum Gasteiger partial charge on any atom is 0.161 e. The van der Waals surface area contributed by atoms with Crippen LogP contribution in [0.15, 0.2) is 42.7 Å². The summed E-state index contributed by atoms with van der Waals surface area (Å²) in [6.07, 6.45) is 6.63. The number of fused-ring (bicyclic) bond motifs is 1. The van der Waals surface area contributed by atoms with Crippen LogP contribution in [0.25, 0.3) is 10.9 Å². The van der Waals surface area contributed by atoms with Crippen LogP contribution in [0.5, 0.6) is 0 Å². The van der Waals surface area contributed by atoms with Crippen LogP contribution in [0.2, 0.25) is 0 Å². The van der Waals surface area contributed by atoms with Gasteiger partial charge in [0.2, 0.25) is 0 Å². The van der Waals surface area contributed by atoms with Crippen molar-refractivity contribution in [3.8, 4) is 12.3 Å². The number of anilines is 2. The van der Waals surface area contributed by atoms with Gasteiger partial charge in [0.1, 0.15) is 12.1 Å². The molecule has 0 aliphatic carbocycles. The third kappa shape index (κ3) is 2.51. The van der Waals surface area contributed by atoms with Crippen molar-refractivity contribution in [3.05, 3.63) is 59.9 Å². The Bertz CT molecular complexity index is 869. The van der Waals surface area contributed by atoms with Crippen molar-refractivity contribution in [1.29, 1.82) is 0 Å². The SMILES string of the molecule is C#Cc1cccc(Nc2ncnc3cc(F)c(F)cc23)c1. The number of hydrogen-bond acceptors (Lipinski definition) is 3. The minimum atomic E-state index is -0.947. The second-order valence-corrected chi connectivity index (χ2v) is 4.36. The predicted octanol–water partition coefficient (Wildman–Crippen LogP) is 3.63. The summed E-state index contributed by atoms with van der Waals surface area (Å²) in [6, 6.07) is 9.25. The Kier molecular flexibility index (Phi) is 3.20. The number of nitrogens with zero attached hydrogens (tertiary/aromatic N) is 2. The van der Waals surface area contributed by atoms with Crippen molar-refractivity contribution in [3.63, 3.8) is 0 Å². The van der Waals surface area contributed by atoms with Gasteiger partial charge in [-0.25, -0.2) is 18.7 Å².